The van der Waals surface area contributed by atoms with Gasteiger partial charge in [-0.3, -0.25) is 10.1 Å². The lowest BCUT2D eigenvalue weighted by Crippen LogP contribution is -1.96. The van der Waals surface area contributed by atoms with Gasteiger partial charge in [-0.1, -0.05) is 12.1 Å². The normalized spacial score (nSPS) is 10.5. The predicted octanol–water partition coefficient (Wildman–Crippen LogP) is 2.98. The minimum atomic E-state index is -0.476. The monoisotopic (exact) mass is 284 g/mol. The van der Waals surface area contributed by atoms with Crippen LogP contribution in [0.4, 0.5) is 10.1 Å². The quantitative estimate of drug-likeness (QED) is 0.547. The van der Waals surface area contributed by atoms with Gasteiger partial charge >= 0.3 is 0 Å². The van der Waals surface area contributed by atoms with E-state index in [2.05, 4.69) is 10.1 Å². The molecule has 1 heterocycles. The molecule has 0 radical (unpaired) electrons. The molecule has 0 aliphatic heterocycles. The van der Waals surface area contributed by atoms with Crippen molar-refractivity contribution in [2.24, 2.45) is 0 Å². The van der Waals surface area contributed by atoms with Crippen LogP contribution in [0.25, 0.3) is 17.1 Å². The number of aromatic nitrogens is 3. The Morgan fingerprint density at radius 1 is 1.10 bits per heavy atom. The Bertz CT molecular complexity index is 799. The van der Waals surface area contributed by atoms with Gasteiger partial charge in [-0.15, -0.1) is 5.10 Å². The zero-order chi connectivity index (χ0) is 14.8. The maximum Gasteiger partial charge on any atom is 0.269 e. The highest BCUT2D eigenvalue weighted by Crippen LogP contribution is 2.20. The number of hydrogen-bond acceptors (Lipinski definition) is 4. The summed E-state index contributed by atoms with van der Waals surface area (Å²) in [5, 5.41) is 14.8. The molecular formula is C14H9FN4O2. The van der Waals surface area contributed by atoms with Crippen molar-refractivity contribution in [3.63, 3.8) is 0 Å². The van der Waals surface area contributed by atoms with Crippen LogP contribution in [0, 0.1) is 15.9 Å². The zero-order valence-corrected chi connectivity index (χ0v) is 10.7. The lowest BCUT2D eigenvalue weighted by molar-refractivity contribution is -0.384. The van der Waals surface area contributed by atoms with Crippen LogP contribution in [0.2, 0.25) is 0 Å². The van der Waals surface area contributed by atoms with E-state index in [4.69, 9.17) is 0 Å². The molecule has 3 rings (SSSR count). The van der Waals surface area contributed by atoms with Crippen molar-refractivity contribution in [2.75, 3.05) is 0 Å². The molecule has 6 nitrogen and oxygen atoms in total. The third-order valence-corrected chi connectivity index (χ3v) is 2.93. The largest absolute Gasteiger partial charge is 0.269 e. The van der Waals surface area contributed by atoms with Gasteiger partial charge < -0.3 is 0 Å². The zero-order valence-electron chi connectivity index (χ0n) is 10.7. The Hall–Kier alpha value is -3.09. The van der Waals surface area contributed by atoms with Crippen LogP contribution in [0.15, 0.2) is 54.9 Å². The van der Waals surface area contributed by atoms with E-state index in [1.807, 2.05) is 0 Å². The van der Waals surface area contributed by atoms with E-state index >= 15 is 0 Å². The summed E-state index contributed by atoms with van der Waals surface area (Å²) in [6, 6.07) is 12.1. The molecule has 0 unspecified atom stereocenters. The molecule has 21 heavy (non-hydrogen) atoms. The average Bonchev–Trinajstić information content (AvgIpc) is 2.97. The first kappa shape index (κ1) is 12.9. The van der Waals surface area contributed by atoms with E-state index in [1.165, 1.54) is 29.2 Å². The summed E-state index contributed by atoms with van der Waals surface area (Å²) in [5.74, 6) is -0.148. The molecule has 0 N–H and O–H groups in total. The van der Waals surface area contributed by atoms with E-state index in [-0.39, 0.29) is 11.5 Å². The first-order chi connectivity index (χ1) is 10.1. The summed E-state index contributed by atoms with van der Waals surface area (Å²) < 4.78 is 15.1. The molecule has 0 spiro atoms. The molecule has 7 heteroatoms. The number of non-ortho nitro benzene ring substituents is 1. The van der Waals surface area contributed by atoms with Gasteiger partial charge in [0.2, 0.25) is 0 Å². The van der Waals surface area contributed by atoms with Gasteiger partial charge in [0.15, 0.2) is 5.82 Å². The molecule has 0 bridgehead atoms. The molecule has 1 aromatic heterocycles. The first-order valence-corrected chi connectivity index (χ1v) is 6.06. The van der Waals surface area contributed by atoms with Crippen molar-refractivity contribution in [1.82, 2.24) is 14.8 Å². The van der Waals surface area contributed by atoms with Crippen molar-refractivity contribution < 1.29 is 9.31 Å². The Kier molecular flexibility index (Phi) is 3.15. The summed E-state index contributed by atoms with van der Waals surface area (Å²) in [6.45, 7) is 0. The number of nitrogens with zero attached hydrogens (tertiary/aromatic N) is 4. The first-order valence-electron chi connectivity index (χ1n) is 6.06. The predicted molar refractivity (Wildman–Crippen MR) is 73.4 cm³/mol. The summed E-state index contributed by atoms with van der Waals surface area (Å²) >= 11 is 0. The molecule has 0 amide bonds. The Labute approximate surface area is 118 Å². The van der Waals surface area contributed by atoms with E-state index in [1.54, 1.807) is 30.3 Å². The highest BCUT2D eigenvalue weighted by molar-refractivity contribution is 5.55. The summed E-state index contributed by atoms with van der Waals surface area (Å²) in [6.07, 6.45) is 1.43. The highest BCUT2D eigenvalue weighted by Gasteiger charge is 2.10. The Morgan fingerprint density at radius 2 is 1.81 bits per heavy atom. The molecular weight excluding hydrogens is 275 g/mol. The molecule has 0 fully saturated rings. The fourth-order valence-electron chi connectivity index (χ4n) is 1.88. The maximum absolute atomic E-state index is 13.7. The minimum absolute atomic E-state index is 0.00630. The topological polar surface area (TPSA) is 73.8 Å². The Morgan fingerprint density at radius 3 is 2.48 bits per heavy atom. The van der Waals surface area contributed by atoms with E-state index in [9.17, 15) is 14.5 Å². The minimum Gasteiger partial charge on any atom is -0.258 e. The maximum atomic E-state index is 13.7. The van der Waals surface area contributed by atoms with Gasteiger partial charge in [-0.25, -0.2) is 14.1 Å². The van der Waals surface area contributed by atoms with Crippen molar-refractivity contribution in [2.45, 2.75) is 0 Å². The van der Waals surface area contributed by atoms with Gasteiger partial charge in [0.05, 0.1) is 16.2 Å². The number of benzene rings is 2. The number of rotatable bonds is 3. The number of nitro benzene ring substituents is 1. The number of nitro groups is 1. The number of hydrogen-bond donors (Lipinski definition) is 0. The van der Waals surface area contributed by atoms with Crippen molar-refractivity contribution >= 4 is 5.69 Å². The van der Waals surface area contributed by atoms with Crippen LogP contribution in [0.3, 0.4) is 0 Å². The van der Waals surface area contributed by atoms with E-state index in [0.717, 1.165) is 0 Å². The fourth-order valence-corrected chi connectivity index (χ4v) is 1.88. The van der Waals surface area contributed by atoms with E-state index < -0.39 is 10.7 Å². The van der Waals surface area contributed by atoms with Gasteiger partial charge in [0.1, 0.15) is 12.1 Å². The van der Waals surface area contributed by atoms with Gasteiger partial charge in [0.25, 0.3) is 5.69 Å². The second kappa shape index (κ2) is 5.12. The van der Waals surface area contributed by atoms with Crippen molar-refractivity contribution in [3.05, 3.63) is 70.8 Å². The Balaban J connectivity index is 1.95. The SMILES string of the molecule is O=[N+]([O-])c1ccc(-n2cnc(-c3ccccc3F)n2)cc1. The summed E-state index contributed by atoms with van der Waals surface area (Å²) in [4.78, 5) is 14.2. The molecule has 0 atom stereocenters. The molecule has 0 saturated carbocycles. The third kappa shape index (κ3) is 2.48. The van der Waals surface area contributed by atoms with Crippen molar-refractivity contribution in [3.8, 4) is 17.1 Å². The third-order valence-electron chi connectivity index (χ3n) is 2.93. The number of halogens is 1. The van der Waals surface area contributed by atoms with Crippen LogP contribution in [0.5, 0.6) is 0 Å². The highest BCUT2D eigenvalue weighted by atomic mass is 19.1. The molecule has 2 aromatic carbocycles. The van der Waals surface area contributed by atoms with Crippen LogP contribution in [-0.2, 0) is 0 Å². The molecule has 3 aromatic rings. The average molecular weight is 284 g/mol. The lowest BCUT2D eigenvalue weighted by atomic mass is 10.2. The standard InChI is InChI=1S/C14H9FN4O2/c15-13-4-2-1-3-12(13)14-16-9-18(17-14)10-5-7-11(8-6-10)19(20)21/h1-9H. The smallest absolute Gasteiger partial charge is 0.258 e. The van der Waals surface area contributed by atoms with Crippen LogP contribution in [0.1, 0.15) is 0 Å². The fraction of sp³-hybridized carbons (Fsp3) is 0. The van der Waals surface area contributed by atoms with Gasteiger partial charge in [-0.05, 0) is 24.3 Å². The van der Waals surface area contributed by atoms with Crippen LogP contribution in [-0.4, -0.2) is 19.7 Å². The second-order valence-electron chi connectivity index (χ2n) is 4.27. The summed E-state index contributed by atoms with van der Waals surface area (Å²) in [5.41, 5.74) is 0.905. The molecule has 0 aliphatic rings. The molecule has 0 aliphatic carbocycles. The van der Waals surface area contributed by atoms with E-state index in [0.29, 0.717) is 11.3 Å². The molecule has 0 saturated heterocycles. The lowest BCUT2D eigenvalue weighted by Gasteiger charge is -2.00. The van der Waals surface area contributed by atoms with Gasteiger partial charge in [0, 0.05) is 12.1 Å². The van der Waals surface area contributed by atoms with Gasteiger partial charge in [-0.2, -0.15) is 0 Å². The molecule has 104 valence electrons. The summed E-state index contributed by atoms with van der Waals surface area (Å²) in [7, 11) is 0. The van der Waals surface area contributed by atoms with Crippen LogP contribution >= 0.6 is 0 Å². The second-order valence-corrected chi connectivity index (χ2v) is 4.27. The van der Waals surface area contributed by atoms with Crippen molar-refractivity contribution in [1.29, 1.82) is 0 Å². The van der Waals surface area contributed by atoms with Crippen LogP contribution < -0.4 is 0 Å².